The van der Waals surface area contributed by atoms with Gasteiger partial charge in [-0.15, -0.1) is 0 Å². The smallest absolute Gasteiger partial charge is 0.316 e. The van der Waals surface area contributed by atoms with Crippen molar-refractivity contribution >= 4 is 17.6 Å². The molecule has 8 heteroatoms. The molecule has 0 saturated carbocycles. The van der Waals surface area contributed by atoms with Gasteiger partial charge in [0.15, 0.2) is 0 Å². The summed E-state index contributed by atoms with van der Waals surface area (Å²) in [4.78, 5) is 28.8. The monoisotopic (exact) mass is 342 g/mol. The van der Waals surface area contributed by atoms with Gasteiger partial charge in [-0.3, -0.25) is 4.79 Å². The molecule has 2 aromatic rings. The van der Waals surface area contributed by atoms with Crippen LogP contribution < -0.4 is 16.0 Å². The van der Waals surface area contributed by atoms with E-state index in [1.54, 1.807) is 19.1 Å². The molecule has 3 N–H and O–H groups in total. The lowest BCUT2D eigenvalue weighted by Gasteiger charge is -2.24. The van der Waals surface area contributed by atoms with Gasteiger partial charge in [-0.05, 0) is 38.8 Å². The highest BCUT2D eigenvalue weighted by atomic mass is 16.2. The number of amides is 3. The standard InChI is InChI=1S/C17H22N6O2/c1-11(16(24)20-13-7-4-3-5-8-13)18-17(25)21-14-9-6-10-23-15(14)19-12(2)22-23/h3-5,7-8,11,14H,6,9-10H2,1-2H3,(H,20,24)(H2,18,21,25). The van der Waals surface area contributed by atoms with Gasteiger partial charge in [-0.25, -0.2) is 14.5 Å². The summed E-state index contributed by atoms with van der Waals surface area (Å²) < 4.78 is 1.83. The second kappa shape index (κ2) is 7.33. The van der Waals surface area contributed by atoms with Crippen molar-refractivity contribution in [2.24, 2.45) is 0 Å². The Morgan fingerprint density at radius 1 is 1.28 bits per heavy atom. The van der Waals surface area contributed by atoms with Gasteiger partial charge in [0.1, 0.15) is 17.7 Å². The van der Waals surface area contributed by atoms with Crippen LogP contribution in [0.3, 0.4) is 0 Å². The second-order valence-electron chi connectivity index (χ2n) is 6.13. The lowest BCUT2D eigenvalue weighted by molar-refractivity contribution is -0.117. The molecule has 25 heavy (non-hydrogen) atoms. The third-order valence-corrected chi connectivity index (χ3v) is 4.07. The molecule has 8 nitrogen and oxygen atoms in total. The van der Waals surface area contributed by atoms with Crippen LogP contribution in [0.15, 0.2) is 30.3 Å². The summed E-state index contributed by atoms with van der Waals surface area (Å²) >= 11 is 0. The maximum atomic E-state index is 12.2. The van der Waals surface area contributed by atoms with Crippen LogP contribution in [0, 0.1) is 6.92 Å². The van der Waals surface area contributed by atoms with Gasteiger partial charge in [0.25, 0.3) is 0 Å². The van der Waals surface area contributed by atoms with Crippen molar-refractivity contribution in [3.05, 3.63) is 42.0 Å². The first-order chi connectivity index (χ1) is 12.0. The summed E-state index contributed by atoms with van der Waals surface area (Å²) in [5.74, 6) is 1.18. The third-order valence-electron chi connectivity index (χ3n) is 4.07. The van der Waals surface area contributed by atoms with Gasteiger partial charge < -0.3 is 16.0 Å². The highest BCUT2D eigenvalue weighted by molar-refractivity contribution is 5.96. The van der Waals surface area contributed by atoms with E-state index in [-0.39, 0.29) is 11.9 Å². The van der Waals surface area contributed by atoms with Crippen LogP contribution in [-0.2, 0) is 11.3 Å². The number of anilines is 1. The van der Waals surface area contributed by atoms with Crippen LogP contribution >= 0.6 is 0 Å². The molecular formula is C17H22N6O2. The minimum atomic E-state index is -0.664. The van der Waals surface area contributed by atoms with Crippen molar-refractivity contribution in [1.82, 2.24) is 25.4 Å². The van der Waals surface area contributed by atoms with Crippen molar-refractivity contribution in [3.8, 4) is 0 Å². The highest BCUT2D eigenvalue weighted by Crippen LogP contribution is 2.22. The van der Waals surface area contributed by atoms with Gasteiger partial charge in [-0.2, -0.15) is 5.10 Å². The fourth-order valence-electron chi connectivity index (χ4n) is 2.84. The molecule has 0 bridgehead atoms. The number of aryl methyl sites for hydroxylation is 2. The van der Waals surface area contributed by atoms with Crippen LogP contribution in [0.25, 0.3) is 0 Å². The first-order valence-corrected chi connectivity index (χ1v) is 8.37. The van der Waals surface area contributed by atoms with E-state index in [0.29, 0.717) is 11.5 Å². The molecule has 3 amide bonds. The fraction of sp³-hybridized carbons (Fsp3) is 0.412. The van der Waals surface area contributed by atoms with E-state index in [2.05, 4.69) is 26.0 Å². The number of benzene rings is 1. The summed E-state index contributed by atoms with van der Waals surface area (Å²) in [6.45, 7) is 4.29. The molecule has 1 aromatic heterocycles. The van der Waals surface area contributed by atoms with Crippen LogP contribution in [0.2, 0.25) is 0 Å². The van der Waals surface area contributed by atoms with Crippen LogP contribution in [0.5, 0.6) is 0 Å². The number of para-hydroxylation sites is 1. The number of urea groups is 1. The second-order valence-corrected chi connectivity index (χ2v) is 6.13. The number of hydrogen-bond acceptors (Lipinski definition) is 4. The molecular weight excluding hydrogens is 320 g/mol. The highest BCUT2D eigenvalue weighted by Gasteiger charge is 2.26. The molecule has 3 rings (SSSR count). The number of rotatable bonds is 4. The van der Waals surface area contributed by atoms with Crippen LogP contribution in [-0.4, -0.2) is 32.7 Å². The fourth-order valence-corrected chi connectivity index (χ4v) is 2.84. The lowest BCUT2D eigenvalue weighted by atomic mass is 10.1. The van der Waals surface area contributed by atoms with E-state index in [0.717, 1.165) is 25.2 Å². The lowest BCUT2D eigenvalue weighted by Crippen LogP contribution is -2.48. The number of nitrogens with one attached hydrogen (secondary N) is 3. The van der Waals surface area contributed by atoms with E-state index in [4.69, 9.17) is 0 Å². The minimum Gasteiger partial charge on any atom is -0.328 e. The Morgan fingerprint density at radius 2 is 2.04 bits per heavy atom. The largest absolute Gasteiger partial charge is 0.328 e. The SMILES string of the molecule is Cc1nc2n(n1)CCCC2NC(=O)NC(C)C(=O)Nc1ccccc1. The summed E-state index contributed by atoms with van der Waals surface area (Å²) in [7, 11) is 0. The Bertz CT molecular complexity index is 758. The Hall–Kier alpha value is -2.90. The van der Waals surface area contributed by atoms with Crippen molar-refractivity contribution in [1.29, 1.82) is 0 Å². The summed E-state index contributed by atoms with van der Waals surface area (Å²) in [6, 6.07) is 7.88. The zero-order valence-electron chi connectivity index (χ0n) is 14.3. The topological polar surface area (TPSA) is 101 Å². The van der Waals surface area contributed by atoms with E-state index in [1.165, 1.54) is 0 Å². The Labute approximate surface area is 146 Å². The molecule has 1 aromatic carbocycles. The summed E-state index contributed by atoms with van der Waals surface area (Å²) in [5.41, 5.74) is 0.692. The zero-order chi connectivity index (χ0) is 17.8. The average molecular weight is 342 g/mol. The summed E-state index contributed by atoms with van der Waals surface area (Å²) in [5, 5.41) is 12.6. The van der Waals surface area contributed by atoms with Crippen molar-refractivity contribution in [2.75, 3.05) is 5.32 Å². The average Bonchev–Trinajstić information content (AvgIpc) is 2.97. The molecule has 2 unspecified atom stereocenters. The van der Waals surface area contributed by atoms with Gasteiger partial charge in [0.2, 0.25) is 5.91 Å². The van der Waals surface area contributed by atoms with Crippen molar-refractivity contribution in [2.45, 2.75) is 45.3 Å². The minimum absolute atomic E-state index is 0.195. The molecule has 0 saturated heterocycles. The molecule has 2 atom stereocenters. The first kappa shape index (κ1) is 16.9. The van der Waals surface area contributed by atoms with E-state index in [1.807, 2.05) is 29.8 Å². The quantitative estimate of drug-likeness (QED) is 0.788. The normalized spacial score (nSPS) is 17.3. The zero-order valence-corrected chi connectivity index (χ0v) is 14.3. The van der Waals surface area contributed by atoms with Crippen LogP contribution in [0.1, 0.15) is 37.5 Å². The van der Waals surface area contributed by atoms with Gasteiger partial charge in [-0.1, -0.05) is 18.2 Å². The number of carbonyl (C=O) groups excluding carboxylic acids is 2. The predicted octanol–water partition coefficient (Wildman–Crippen LogP) is 1.75. The van der Waals surface area contributed by atoms with Gasteiger partial charge in [0.05, 0.1) is 6.04 Å². The molecule has 0 fully saturated rings. The first-order valence-electron chi connectivity index (χ1n) is 8.37. The molecule has 132 valence electrons. The van der Waals surface area contributed by atoms with E-state index in [9.17, 15) is 9.59 Å². The van der Waals surface area contributed by atoms with Gasteiger partial charge >= 0.3 is 6.03 Å². The number of aromatic nitrogens is 3. The Balaban J connectivity index is 1.55. The molecule has 0 radical (unpaired) electrons. The van der Waals surface area contributed by atoms with E-state index >= 15 is 0 Å². The Kier molecular flexibility index (Phi) is 4.97. The Morgan fingerprint density at radius 3 is 2.80 bits per heavy atom. The number of hydrogen-bond donors (Lipinski definition) is 3. The summed E-state index contributed by atoms with van der Waals surface area (Å²) in [6.07, 6.45) is 1.72. The maximum absolute atomic E-state index is 12.2. The van der Waals surface area contributed by atoms with Crippen molar-refractivity contribution in [3.63, 3.8) is 0 Å². The van der Waals surface area contributed by atoms with Crippen LogP contribution in [0.4, 0.5) is 10.5 Å². The van der Waals surface area contributed by atoms with E-state index < -0.39 is 12.1 Å². The molecule has 1 aliphatic heterocycles. The third kappa shape index (κ3) is 4.14. The maximum Gasteiger partial charge on any atom is 0.316 e. The molecule has 1 aliphatic rings. The number of carbonyl (C=O) groups is 2. The predicted molar refractivity (Wildman–Crippen MR) is 92.9 cm³/mol. The van der Waals surface area contributed by atoms with Crippen molar-refractivity contribution < 1.29 is 9.59 Å². The van der Waals surface area contributed by atoms with Gasteiger partial charge in [0, 0.05) is 12.2 Å². The molecule has 2 heterocycles. The molecule has 0 spiro atoms. The number of nitrogens with zero attached hydrogens (tertiary/aromatic N) is 3. The number of fused-ring (bicyclic) bond motifs is 1. The molecule has 0 aliphatic carbocycles.